The van der Waals surface area contributed by atoms with Crippen LogP contribution in [0.1, 0.15) is 53.9 Å². The molecule has 0 bridgehead atoms. The molecule has 136 valence electrons. The highest BCUT2D eigenvalue weighted by atomic mass is 16.6. The van der Waals surface area contributed by atoms with Crippen molar-refractivity contribution in [3.63, 3.8) is 0 Å². The molecule has 0 N–H and O–H groups in total. The molecule has 1 amide bonds. The van der Waals surface area contributed by atoms with Crippen molar-refractivity contribution in [1.82, 2.24) is 4.90 Å². The van der Waals surface area contributed by atoms with Crippen molar-refractivity contribution in [2.45, 2.75) is 65.5 Å². The highest BCUT2D eigenvalue weighted by Crippen LogP contribution is 2.26. The molecule has 0 aliphatic carbocycles. The maximum Gasteiger partial charge on any atom is 0.415 e. The molecule has 24 heavy (non-hydrogen) atoms. The van der Waals surface area contributed by atoms with E-state index in [9.17, 15) is 14.4 Å². The summed E-state index contributed by atoms with van der Waals surface area (Å²) in [6.07, 6.45) is 2.31. The second kappa shape index (κ2) is 8.70. The number of hydrogen-bond acceptors (Lipinski definition) is 6. The Balaban J connectivity index is 2.89. The number of unbranched alkanes of at least 4 members (excludes halogenated alkanes) is 1. The Kier molecular flexibility index (Phi) is 7.25. The van der Waals surface area contributed by atoms with E-state index in [-0.39, 0.29) is 25.2 Å². The molecule has 0 radical (unpaired) electrons. The minimum absolute atomic E-state index is 0.0586. The van der Waals surface area contributed by atoms with Gasteiger partial charge >= 0.3 is 18.0 Å². The Morgan fingerprint density at radius 2 is 1.88 bits per heavy atom. The Morgan fingerprint density at radius 1 is 1.21 bits per heavy atom. The Hall–Kier alpha value is -2.05. The Labute approximate surface area is 142 Å². The lowest BCUT2D eigenvalue weighted by Crippen LogP contribution is -2.42. The van der Waals surface area contributed by atoms with Crippen LogP contribution >= 0.6 is 0 Å². The predicted molar refractivity (Wildman–Crippen MR) is 87.1 cm³/mol. The van der Waals surface area contributed by atoms with Crippen LogP contribution in [0.15, 0.2) is 11.8 Å². The summed E-state index contributed by atoms with van der Waals surface area (Å²) in [6, 6.07) is -0.906. The average Bonchev–Trinajstić information content (AvgIpc) is 2.91. The lowest BCUT2D eigenvalue weighted by molar-refractivity contribution is -0.148. The summed E-state index contributed by atoms with van der Waals surface area (Å²) in [5.74, 6) is -1.10. The van der Waals surface area contributed by atoms with Crippen molar-refractivity contribution in [3.05, 3.63) is 11.8 Å². The van der Waals surface area contributed by atoms with Gasteiger partial charge in [-0.2, -0.15) is 0 Å². The van der Waals surface area contributed by atoms with Gasteiger partial charge in [0.2, 0.25) is 0 Å². The van der Waals surface area contributed by atoms with Crippen LogP contribution in [0.4, 0.5) is 4.79 Å². The molecule has 1 heterocycles. The lowest BCUT2D eigenvalue weighted by atomic mass is 10.1. The Morgan fingerprint density at radius 3 is 2.42 bits per heavy atom. The van der Waals surface area contributed by atoms with Crippen molar-refractivity contribution < 1.29 is 28.6 Å². The van der Waals surface area contributed by atoms with Crippen molar-refractivity contribution in [2.75, 3.05) is 13.2 Å². The van der Waals surface area contributed by atoms with Crippen molar-refractivity contribution in [1.29, 1.82) is 0 Å². The van der Waals surface area contributed by atoms with Gasteiger partial charge in [-0.3, -0.25) is 4.90 Å². The number of esters is 2. The van der Waals surface area contributed by atoms with Crippen molar-refractivity contribution in [2.24, 2.45) is 0 Å². The first kappa shape index (κ1) is 20.0. The molecule has 7 heteroatoms. The molecular weight excluding hydrogens is 314 g/mol. The molecule has 1 rings (SSSR count). The van der Waals surface area contributed by atoms with Crippen LogP contribution in [0.25, 0.3) is 0 Å². The average molecular weight is 341 g/mol. The lowest BCUT2D eigenvalue weighted by Gasteiger charge is -2.26. The zero-order chi connectivity index (χ0) is 18.3. The van der Waals surface area contributed by atoms with E-state index in [1.807, 2.05) is 6.92 Å². The highest BCUT2D eigenvalue weighted by Gasteiger charge is 2.40. The molecule has 1 atom stereocenters. The van der Waals surface area contributed by atoms with Crippen LogP contribution in [0.5, 0.6) is 0 Å². The van der Waals surface area contributed by atoms with Gasteiger partial charge in [-0.1, -0.05) is 13.3 Å². The van der Waals surface area contributed by atoms with E-state index in [1.165, 1.54) is 6.20 Å². The topological polar surface area (TPSA) is 82.1 Å². The number of carbonyl (C=O) groups excluding carboxylic acids is 3. The summed E-state index contributed by atoms with van der Waals surface area (Å²) in [4.78, 5) is 37.6. The number of amides is 1. The SMILES string of the molecule is CCCCOC(=O)[C@@H]1CC(C(=O)OCC)=CN1C(=O)OC(C)(C)C. The molecule has 0 saturated heterocycles. The van der Waals surface area contributed by atoms with Gasteiger partial charge in [-0.05, 0) is 34.1 Å². The maximum absolute atomic E-state index is 12.3. The first-order valence-corrected chi connectivity index (χ1v) is 8.25. The third-order valence-electron chi connectivity index (χ3n) is 3.20. The molecule has 0 spiro atoms. The fraction of sp³-hybridized carbons (Fsp3) is 0.706. The van der Waals surface area contributed by atoms with Crippen LogP contribution in [-0.4, -0.2) is 47.8 Å². The Bertz CT molecular complexity index is 506. The van der Waals surface area contributed by atoms with Gasteiger partial charge in [0.25, 0.3) is 0 Å². The second-order valence-corrected chi connectivity index (χ2v) is 6.50. The van der Waals surface area contributed by atoms with Gasteiger partial charge in [0.1, 0.15) is 11.6 Å². The quantitative estimate of drug-likeness (QED) is 0.420. The van der Waals surface area contributed by atoms with Crippen LogP contribution in [0.3, 0.4) is 0 Å². The van der Waals surface area contributed by atoms with Gasteiger partial charge in [-0.15, -0.1) is 0 Å². The van der Waals surface area contributed by atoms with Gasteiger partial charge < -0.3 is 14.2 Å². The molecule has 0 saturated carbocycles. The molecule has 0 unspecified atom stereocenters. The third-order valence-corrected chi connectivity index (χ3v) is 3.20. The predicted octanol–water partition coefficient (Wildman–Crippen LogP) is 2.79. The summed E-state index contributed by atoms with van der Waals surface area (Å²) in [7, 11) is 0. The van der Waals surface area contributed by atoms with Crippen LogP contribution in [0, 0.1) is 0 Å². The zero-order valence-electron chi connectivity index (χ0n) is 15.1. The molecule has 7 nitrogen and oxygen atoms in total. The number of carbonyl (C=O) groups is 3. The smallest absolute Gasteiger partial charge is 0.415 e. The fourth-order valence-electron chi connectivity index (χ4n) is 2.08. The minimum Gasteiger partial charge on any atom is -0.464 e. The largest absolute Gasteiger partial charge is 0.464 e. The normalized spacial score (nSPS) is 17.3. The van der Waals surface area contributed by atoms with E-state index >= 15 is 0 Å². The second-order valence-electron chi connectivity index (χ2n) is 6.50. The van der Waals surface area contributed by atoms with Crippen LogP contribution < -0.4 is 0 Å². The molecule has 0 aromatic rings. The van der Waals surface area contributed by atoms with E-state index < -0.39 is 29.7 Å². The molecule has 0 aromatic heterocycles. The van der Waals surface area contributed by atoms with E-state index in [4.69, 9.17) is 14.2 Å². The molecule has 0 aromatic carbocycles. The highest BCUT2D eigenvalue weighted by molar-refractivity contribution is 5.93. The number of rotatable bonds is 6. The van der Waals surface area contributed by atoms with E-state index in [2.05, 4.69) is 0 Å². The standard InChI is InChI=1S/C17H27NO6/c1-6-8-9-23-15(20)13-10-12(14(19)22-7-2)11-18(13)16(21)24-17(3,4)5/h11,13H,6-10H2,1-5H3/t13-/m0/s1. The third kappa shape index (κ3) is 5.86. The zero-order valence-corrected chi connectivity index (χ0v) is 15.1. The van der Waals surface area contributed by atoms with Gasteiger partial charge in [0, 0.05) is 12.6 Å². The molecule has 0 fully saturated rings. The van der Waals surface area contributed by atoms with E-state index in [0.717, 1.165) is 17.7 Å². The summed E-state index contributed by atoms with van der Waals surface area (Å²) in [5.41, 5.74) is -0.464. The molecule has 1 aliphatic heterocycles. The van der Waals surface area contributed by atoms with Crippen molar-refractivity contribution in [3.8, 4) is 0 Å². The van der Waals surface area contributed by atoms with Gasteiger partial charge in [-0.25, -0.2) is 14.4 Å². The van der Waals surface area contributed by atoms with E-state index in [0.29, 0.717) is 0 Å². The van der Waals surface area contributed by atoms with Crippen LogP contribution in [0.2, 0.25) is 0 Å². The molecule has 1 aliphatic rings. The summed E-state index contributed by atoms with van der Waals surface area (Å²) < 4.78 is 15.4. The fourth-order valence-corrected chi connectivity index (χ4v) is 2.08. The maximum atomic E-state index is 12.3. The molecular formula is C17H27NO6. The monoisotopic (exact) mass is 341 g/mol. The first-order valence-electron chi connectivity index (χ1n) is 8.25. The minimum atomic E-state index is -0.906. The van der Waals surface area contributed by atoms with Gasteiger partial charge in [0.05, 0.1) is 18.8 Å². The van der Waals surface area contributed by atoms with Crippen molar-refractivity contribution >= 4 is 18.0 Å². The summed E-state index contributed by atoms with van der Waals surface area (Å²) >= 11 is 0. The number of nitrogens with zero attached hydrogens (tertiary/aromatic N) is 1. The van der Waals surface area contributed by atoms with Crippen LogP contribution in [-0.2, 0) is 23.8 Å². The number of hydrogen-bond donors (Lipinski definition) is 0. The van der Waals surface area contributed by atoms with Gasteiger partial charge in [0.15, 0.2) is 0 Å². The first-order chi connectivity index (χ1) is 11.2. The van der Waals surface area contributed by atoms with E-state index in [1.54, 1.807) is 27.7 Å². The summed E-state index contributed by atoms with van der Waals surface area (Å²) in [5, 5.41) is 0. The summed E-state index contributed by atoms with van der Waals surface area (Å²) in [6.45, 7) is 9.35. The number of ether oxygens (including phenoxy) is 3.